The molecule has 1 aliphatic rings. The van der Waals surface area contributed by atoms with E-state index in [1.54, 1.807) is 10.9 Å². The Morgan fingerprint density at radius 2 is 1.96 bits per heavy atom. The van der Waals surface area contributed by atoms with Crippen molar-refractivity contribution < 1.29 is 0 Å². The van der Waals surface area contributed by atoms with Gasteiger partial charge in [-0.15, -0.1) is 0 Å². The van der Waals surface area contributed by atoms with Crippen LogP contribution in [0.2, 0.25) is 0 Å². The summed E-state index contributed by atoms with van der Waals surface area (Å²) in [6, 6.07) is 9.92. The molecule has 0 bridgehead atoms. The van der Waals surface area contributed by atoms with Crippen molar-refractivity contribution in [1.29, 1.82) is 0 Å². The summed E-state index contributed by atoms with van der Waals surface area (Å²) in [5.41, 5.74) is 1.27. The molecule has 26 heavy (non-hydrogen) atoms. The minimum Gasteiger partial charge on any atom is -0.352 e. The molecule has 3 heterocycles. The van der Waals surface area contributed by atoms with Gasteiger partial charge in [-0.05, 0) is 45.0 Å². The lowest BCUT2D eigenvalue weighted by molar-refractivity contribution is 0.223. The van der Waals surface area contributed by atoms with E-state index in [0.717, 1.165) is 25.3 Å². The molecule has 0 spiro atoms. The number of hydrogen-bond donors (Lipinski definition) is 2. The van der Waals surface area contributed by atoms with Crippen LogP contribution < -0.4 is 10.9 Å². The lowest BCUT2D eigenvalue weighted by Crippen LogP contribution is -2.38. The summed E-state index contributed by atoms with van der Waals surface area (Å²) in [6.45, 7) is 5.36. The molecule has 0 radical (unpaired) electrons. The first-order valence-electron chi connectivity index (χ1n) is 9.23. The summed E-state index contributed by atoms with van der Waals surface area (Å²) < 4.78 is 1.70. The zero-order valence-corrected chi connectivity index (χ0v) is 15.0. The summed E-state index contributed by atoms with van der Waals surface area (Å²) >= 11 is 0. The third-order valence-electron chi connectivity index (χ3n) is 4.80. The number of piperidine rings is 1. The number of aromatic nitrogens is 4. The molecule has 1 fully saturated rings. The summed E-state index contributed by atoms with van der Waals surface area (Å²) in [4.78, 5) is 22.3. The van der Waals surface area contributed by atoms with Gasteiger partial charge >= 0.3 is 0 Å². The van der Waals surface area contributed by atoms with E-state index in [2.05, 4.69) is 32.2 Å². The predicted octanol–water partition coefficient (Wildman–Crippen LogP) is 2.40. The first-order valence-corrected chi connectivity index (χ1v) is 9.23. The van der Waals surface area contributed by atoms with Gasteiger partial charge in [0.15, 0.2) is 5.65 Å². The van der Waals surface area contributed by atoms with Crippen molar-refractivity contribution in [1.82, 2.24) is 24.6 Å². The smallest absolute Gasteiger partial charge is 0.263 e. The largest absolute Gasteiger partial charge is 0.352 e. The molecule has 1 aliphatic heterocycles. The van der Waals surface area contributed by atoms with Gasteiger partial charge in [0, 0.05) is 12.6 Å². The molecule has 3 aromatic rings. The van der Waals surface area contributed by atoms with Crippen molar-refractivity contribution in [3.8, 4) is 5.69 Å². The first-order chi connectivity index (χ1) is 12.7. The molecule has 2 aromatic heterocycles. The molecule has 1 unspecified atom stereocenters. The maximum atomic E-state index is 12.4. The van der Waals surface area contributed by atoms with Gasteiger partial charge in [0.1, 0.15) is 5.39 Å². The fourth-order valence-electron chi connectivity index (χ4n) is 3.55. The Labute approximate surface area is 152 Å². The van der Waals surface area contributed by atoms with E-state index >= 15 is 0 Å². The van der Waals surface area contributed by atoms with E-state index in [1.807, 2.05) is 30.3 Å². The number of benzene rings is 1. The number of fused-ring (bicyclic) bond motifs is 1. The molecule has 7 heteroatoms. The number of para-hydroxylation sites is 1. The van der Waals surface area contributed by atoms with Crippen molar-refractivity contribution in [2.75, 3.05) is 25.0 Å². The van der Waals surface area contributed by atoms with Crippen molar-refractivity contribution in [3.63, 3.8) is 0 Å². The molecule has 0 saturated carbocycles. The number of rotatable bonds is 5. The Morgan fingerprint density at radius 1 is 1.19 bits per heavy atom. The molecule has 0 amide bonds. The second kappa shape index (κ2) is 7.29. The number of nitrogens with zero attached hydrogens (tertiary/aromatic N) is 4. The minimum atomic E-state index is -0.176. The summed E-state index contributed by atoms with van der Waals surface area (Å²) in [5, 5.41) is 8.17. The highest BCUT2D eigenvalue weighted by Gasteiger charge is 2.16. The van der Waals surface area contributed by atoms with Crippen LogP contribution in [0.4, 0.5) is 5.95 Å². The normalized spacial score (nSPS) is 16.7. The van der Waals surface area contributed by atoms with E-state index in [9.17, 15) is 4.79 Å². The van der Waals surface area contributed by atoms with Gasteiger partial charge in [-0.2, -0.15) is 10.1 Å². The first kappa shape index (κ1) is 16.8. The second-order valence-electron chi connectivity index (χ2n) is 6.95. The topological polar surface area (TPSA) is 78.8 Å². The van der Waals surface area contributed by atoms with Crippen molar-refractivity contribution in [3.05, 3.63) is 46.9 Å². The highest BCUT2D eigenvalue weighted by atomic mass is 16.1. The van der Waals surface area contributed by atoms with Gasteiger partial charge < -0.3 is 10.2 Å². The zero-order valence-electron chi connectivity index (χ0n) is 15.0. The Kier molecular flexibility index (Phi) is 4.71. The second-order valence-corrected chi connectivity index (χ2v) is 6.95. The summed E-state index contributed by atoms with van der Waals surface area (Å²) in [6.07, 6.45) is 5.43. The van der Waals surface area contributed by atoms with Crippen LogP contribution in [-0.2, 0) is 0 Å². The van der Waals surface area contributed by atoms with Crippen LogP contribution in [0.3, 0.4) is 0 Å². The van der Waals surface area contributed by atoms with Gasteiger partial charge in [-0.25, -0.2) is 4.68 Å². The van der Waals surface area contributed by atoms with Crippen LogP contribution in [0, 0.1) is 0 Å². The summed E-state index contributed by atoms with van der Waals surface area (Å²) in [7, 11) is 0. The third-order valence-corrected chi connectivity index (χ3v) is 4.80. The minimum absolute atomic E-state index is 0.176. The van der Waals surface area contributed by atoms with E-state index < -0.39 is 0 Å². The fourth-order valence-corrected chi connectivity index (χ4v) is 3.55. The quantitative estimate of drug-likeness (QED) is 0.737. The number of aromatic amines is 1. The standard InChI is InChI=1S/C19H24N6O/c1-14(13-24-10-6-3-7-11-24)21-19-22-17-16(18(26)23-19)12-20-25(17)15-8-4-2-5-9-15/h2,4-5,8-9,12,14H,3,6-7,10-11,13H2,1H3,(H2,21,22,23,26). The molecular formula is C19H24N6O. The number of likely N-dealkylation sites (tertiary alicyclic amines) is 1. The van der Waals surface area contributed by atoms with Crippen LogP contribution in [0.1, 0.15) is 26.2 Å². The predicted molar refractivity (Wildman–Crippen MR) is 103 cm³/mol. The molecule has 1 atom stereocenters. The number of nitrogens with one attached hydrogen (secondary N) is 2. The molecule has 136 valence electrons. The van der Waals surface area contributed by atoms with Crippen molar-refractivity contribution in [2.45, 2.75) is 32.2 Å². The van der Waals surface area contributed by atoms with Crippen LogP contribution in [0.15, 0.2) is 41.3 Å². The summed E-state index contributed by atoms with van der Waals surface area (Å²) in [5.74, 6) is 0.490. The lowest BCUT2D eigenvalue weighted by Gasteiger charge is -2.29. The Hall–Kier alpha value is -2.67. The molecule has 0 aliphatic carbocycles. The molecule has 1 aromatic carbocycles. The van der Waals surface area contributed by atoms with Crippen LogP contribution >= 0.6 is 0 Å². The van der Waals surface area contributed by atoms with Crippen LogP contribution in [0.5, 0.6) is 0 Å². The third kappa shape index (κ3) is 3.48. The van der Waals surface area contributed by atoms with Crippen LogP contribution in [0.25, 0.3) is 16.7 Å². The Balaban J connectivity index is 1.58. The average Bonchev–Trinajstić information content (AvgIpc) is 3.07. The lowest BCUT2D eigenvalue weighted by atomic mass is 10.1. The van der Waals surface area contributed by atoms with E-state index in [0.29, 0.717) is 17.0 Å². The highest BCUT2D eigenvalue weighted by Crippen LogP contribution is 2.15. The van der Waals surface area contributed by atoms with E-state index in [4.69, 9.17) is 0 Å². The average molecular weight is 352 g/mol. The van der Waals surface area contributed by atoms with Gasteiger partial charge in [-0.1, -0.05) is 24.6 Å². The number of hydrogen-bond acceptors (Lipinski definition) is 5. The van der Waals surface area contributed by atoms with Gasteiger partial charge in [0.25, 0.3) is 5.56 Å². The Morgan fingerprint density at radius 3 is 2.73 bits per heavy atom. The molecule has 1 saturated heterocycles. The zero-order chi connectivity index (χ0) is 17.9. The molecular weight excluding hydrogens is 328 g/mol. The van der Waals surface area contributed by atoms with Gasteiger partial charge in [-0.3, -0.25) is 9.78 Å². The van der Waals surface area contributed by atoms with Crippen LogP contribution in [-0.4, -0.2) is 50.3 Å². The van der Waals surface area contributed by atoms with Gasteiger partial charge in [0.2, 0.25) is 5.95 Å². The van der Waals surface area contributed by atoms with E-state index in [1.165, 1.54) is 19.3 Å². The maximum absolute atomic E-state index is 12.4. The van der Waals surface area contributed by atoms with Crippen molar-refractivity contribution >= 4 is 17.0 Å². The molecule has 4 rings (SSSR count). The monoisotopic (exact) mass is 352 g/mol. The van der Waals surface area contributed by atoms with Crippen molar-refractivity contribution in [2.24, 2.45) is 0 Å². The van der Waals surface area contributed by atoms with E-state index in [-0.39, 0.29) is 11.6 Å². The fraction of sp³-hybridized carbons (Fsp3) is 0.421. The maximum Gasteiger partial charge on any atom is 0.263 e. The molecule has 2 N–H and O–H groups in total. The Bertz CT molecular complexity index is 926. The highest BCUT2D eigenvalue weighted by molar-refractivity contribution is 5.76. The molecule has 7 nitrogen and oxygen atoms in total. The number of anilines is 1. The SMILES string of the molecule is CC(CN1CCCCC1)Nc1nc2c(cnn2-c2ccccc2)c(=O)[nH]1. The van der Waals surface area contributed by atoms with Gasteiger partial charge in [0.05, 0.1) is 11.9 Å². The number of H-pyrrole nitrogens is 1.